The highest BCUT2D eigenvalue weighted by Gasteiger charge is 2.46. The fourth-order valence-electron chi connectivity index (χ4n) is 6.25. The van der Waals surface area contributed by atoms with E-state index in [1.54, 1.807) is 39.0 Å². The zero-order chi connectivity index (χ0) is 31.1. The molecule has 2 fully saturated rings. The zero-order valence-corrected chi connectivity index (χ0v) is 23.7. The fraction of sp³-hybridized carbons (Fsp3) is 0.467. The Labute approximate surface area is 240 Å². The number of nitrogens with zero attached hydrogens (tertiary/aromatic N) is 2. The molecule has 4 rings (SSSR count). The van der Waals surface area contributed by atoms with Crippen LogP contribution in [0.3, 0.4) is 0 Å². The van der Waals surface area contributed by atoms with Crippen LogP contribution in [0.25, 0.3) is 11.1 Å². The number of carbonyl (C=O) groups excluding carboxylic acids is 3. The van der Waals surface area contributed by atoms with Crippen molar-refractivity contribution in [1.82, 2.24) is 15.1 Å². The van der Waals surface area contributed by atoms with Gasteiger partial charge in [0.05, 0.1) is 18.0 Å². The molecule has 0 spiro atoms. The van der Waals surface area contributed by atoms with Crippen molar-refractivity contribution in [3.8, 4) is 11.1 Å². The first kappa shape index (κ1) is 31.0. The molecule has 2 aliphatic rings. The molecule has 0 saturated carbocycles. The van der Waals surface area contributed by atoms with Crippen LogP contribution in [0.15, 0.2) is 30.3 Å². The minimum absolute atomic E-state index is 0.0256. The number of carboxylic acid groups (broad SMARTS) is 1. The van der Waals surface area contributed by atoms with Gasteiger partial charge >= 0.3 is 12.1 Å². The lowest BCUT2D eigenvalue weighted by atomic mass is 9.89. The van der Waals surface area contributed by atoms with Crippen LogP contribution in [0.1, 0.15) is 67.8 Å². The van der Waals surface area contributed by atoms with E-state index in [0.29, 0.717) is 42.1 Å². The summed E-state index contributed by atoms with van der Waals surface area (Å²) in [5.41, 5.74) is -0.389. The molecule has 0 aromatic heterocycles. The second kappa shape index (κ2) is 11.7. The first-order chi connectivity index (χ1) is 19.6. The number of halogens is 4. The van der Waals surface area contributed by atoms with Crippen LogP contribution in [0.4, 0.5) is 17.6 Å². The van der Waals surface area contributed by atoms with Gasteiger partial charge in [0.25, 0.3) is 0 Å². The number of nitrogens with one attached hydrogen (secondary N) is 1. The van der Waals surface area contributed by atoms with Gasteiger partial charge in [0.1, 0.15) is 17.9 Å². The van der Waals surface area contributed by atoms with Gasteiger partial charge in [-0.25, -0.2) is 4.39 Å². The third-order valence-electron chi connectivity index (χ3n) is 8.12. The maximum Gasteiger partial charge on any atom is 0.419 e. The zero-order valence-electron chi connectivity index (χ0n) is 23.7. The molecule has 2 saturated heterocycles. The molecule has 3 amide bonds. The van der Waals surface area contributed by atoms with Crippen LogP contribution in [-0.4, -0.2) is 63.3 Å². The second-order valence-corrected chi connectivity index (χ2v) is 11.1. The highest BCUT2D eigenvalue weighted by atomic mass is 19.4. The maximum absolute atomic E-state index is 15.7. The maximum atomic E-state index is 15.7. The van der Waals surface area contributed by atoms with Gasteiger partial charge in [-0.1, -0.05) is 18.2 Å². The van der Waals surface area contributed by atoms with Crippen molar-refractivity contribution in [3.63, 3.8) is 0 Å². The lowest BCUT2D eigenvalue weighted by Gasteiger charge is -2.32. The number of carbonyl (C=O) groups is 4. The van der Waals surface area contributed by atoms with Crippen molar-refractivity contribution in [1.29, 1.82) is 0 Å². The standard InChI is InChI=1S/C30H33F4N3O5/c1-15-7-5-8-16(2)26(15)19-12-20(27(31)21(13-19)30(32,33)34)24(14-25(39)40)37-17(3)11-22(29(37)42)35-28(41)23-9-6-10-36(23)18(4)38/h5,7-8,12-13,17,22-24H,6,9-11,14H2,1-4H3,(H,35,41)(H,39,40)/t17?,22-,23+,24?/m0/s1. The number of amides is 3. The Hall–Kier alpha value is -3.96. The van der Waals surface area contributed by atoms with E-state index in [9.17, 15) is 37.5 Å². The third kappa shape index (κ3) is 5.98. The van der Waals surface area contributed by atoms with Gasteiger partial charge in [0.2, 0.25) is 17.7 Å². The van der Waals surface area contributed by atoms with Gasteiger partial charge in [0.15, 0.2) is 0 Å². The molecule has 0 bridgehead atoms. The number of aliphatic carboxylic acids is 1. The number of hydrogen-bond acceptors (Lipinski definition) is 4. The topological polar surface area (TPSA) is 107 Å². The predicted molar refractivity (Wildman–Crippen MR) is 145 cm³/mol. The Morgan fingerprint density at radius 3 is 2.36 bits per heavy atom. The highest BCUT2D eigenvalue weighted by molar-refractivity contribution is 5.93. The molecule has 4 atom stereocenters. The minimum Gasteiger partial charge on any atom is -0.481 e. The number of likely N-dealkylation sites (tertiary alicyclic amines) is 2. The van der Waals surface area contributed by atoms with Crippen molar-refractivity contribution in [3.05, 3.63) is 58.4 Å². The van der Waals surface area contributed by atoms with Gasteiger partial charge < -0.3 is 20.2 Å². The molecular weight excluding hydrogens is 558 g/mol. The first-order valence-corrected chi connectivity index (χ1v) is 13.7. The first-order valence-electron chi connectivity index (χ1n) is 13.7. The van der Waals surface area contributed by atoms with E-state index in [2.05, 4.69) is 5.32 Å². The van der Waals surface area contributed by atoms with Gasteiger partial charge in [-0.3, -0.25) is 19.2 Å². The summed E-state index contributed by atoms with van der Waals surface area (Å²) in [4.78, 5) is 53.0. The monoisotopic (exact) mass is 591 g/mol. The Kier molecular flexibility index (Phi) is 8.65. The lowest BCUT2D eigenvalue weighted by Crippen LogP contribution is -2.50. The highest BCUT2D eigenvalue weighted by Crippen LogP contribution is 2.42. The number of aryl methyl sites for hydroxylation is 2. The summed E-state index contributed by atoms with van der Waals surface area (Å²) in [6.45, 7) is 6.69. The summed E-state index contributed by atoms with van der Waals surface area (Å²) < 4.78 is 58.1. The van der Waals surface area contributed by atoms with Gasteiger partial charge in [0, 0.05) is 25.1 Å². The van der Waals surface area contributed by atoms with Crippen LogP contribution < -0.4 is 5.32 Å². The quantitative estimate of drug-likeness (QED) is 0.452. The van der Waals surface area contributed by atoms with Crippen LogP contribution in [-0.2, 0) is 25.4 Å². The number of alkyl halides is 3. The molecule has 12 heteroatoms. The van der Waals surface area contributed by atoms with E-state index >= 15 is 4.39 Å². The predicted octanol–water partition coefficient (Wildman–Crippen LogP) is 4.76. The van der Waals surface area contributed by atoms with E-state index in [4.69, 9.17) is 0 Å². The van der Waals surface area contributed by atoms with Crippen molar-refractivity contribution < 1.29 is 41.8 Å². The van der Waals surface area contributed by atoms with Crippen LogP contribution >= 0.6 is 0 Å². The average Bonchev–Trinajstić information content (AvgIpc) is 3.47. The Bertz CT molecular complexity index is 1410. The summed E-state index contributed by atoms with van der Waals surface area (Å²) in [6, 6.07) is 2.80. The van der Waals surface area contributed by atoms with E-state index in [0.717, 1.165) is 4.90 Å². The third-order valence-corrected chi connectivity index (χ3v) is 8.12. The van der Waals surface area contributed by atoms with Crippen LogP contribution in [0.2, 0.25) is 0 Å². The largest absolute Gasteiger partial charge is 0.481 e. The minimum atomic E-state index is -5.10. The number of carboxylic acids is 1. The molecule has 2 aromatic rings. The summed E-state index contributed by atoms with van der Waals surface area (Å²) in [7, 11) is 0. The van der Waals surface area contributed by atoms with Crippen molar-refractivity contribution in [2.45, 2.75) is 83.7 Å². The van der Waals surface area contributed by atoms with Crippen molar-refractivity contribution in [2.75, 3.05) is 6.54 Å². The second-order valence-electron chi connectivity index (χ2n) is 11.1. The molecule has 0 aliphatic carbocycles. The van der Waals surface area contributed by atoms with E-state index < -0.39 is 71.5 Å². The van der Waals surface area contributed by atoms with Crippen LogP contribution in [0, 0.1) is 19.7 Å². The molecular formula is C30H33F4N3O5. The summed E-state index contributed by atoms with van der Waals surface area (Å²) in [5, 5.41) is 12.4. The van der Waals surface area contributed by atoms with Gasteiger partial charge in [-0.2, -0.15) is 13.2 Å². The smallest absolute Gasteiger partial charge is 0.419 e. The summed E-state index contributed by atoms with van der Waals surface area (Å²) in [6.07, 6.45) is -4.92. The molecule has 226 valence electrons. The normalized spacial score (nSPS) is 21.5. The van der Waals surface area contributed by atoms with E-state index in [-0.39, 0.29) is 17.9 Å². The van der Waals surface area contributed by atoms with Crippen molar-refractivity contribution >= 4 is 23.7 Å². The SMILES string of the molecule is CC(=O)N1CCC[C@@H]1C(=O)N[C@H]1CC(C)N(C(CC(=O)O)c2cc(-c3c(C)cccc3C)cc(C(F)(F)F)c2F)C1=O. The molecule has 2 N–H and O–H groups in total. The van der Waals surface area contributed by atoms with E-state index in [1.807, 2.05) is 0 Å². The number of benzene rings is 2. The van der Waals surface area contributed by atoms with E-state index in [1.165, 1.54) is 17.9 Å². The molecule has 2 aliphatic heterocycles. The van der Waals surface area contributed by atoms with Gasteiger partial charge in [-0.05, 0) is 74.4 Å². The molecule has 2 unspecified atom stereocenters. The molecule has 42 heavy (non-hydrogen) atoms. The van der Waals surface area contributed by atoms with Crippen molar-refractivity contribution in [2.24, 2.45) is 0 Å². The van der Waals surface area contributed by atoms with Crippen LogP contribution in [0.5, 0.6) is 0 Å². The fourth-order valence-corrected chi connectivity index (χ4v) is 6.25. The average molecular weight is 592 g/mol. The molecule has 2 aromatic carbocycles. The Morgan fingerprint density at radius 2 is 1.79 bits per heavy atom. The number of hydrogen-bond donors (Lipinski definition) is 2. The molecule has 8 nitrogen and oxygen atoms in total. The number of rotatable bonds is 7. The van der Waals surface area contributed by atoms with Gasteiger partial charge in [-0.15, -0.1) is 0 Å². The lowest BCUT2D eigenvalue weighted by molar-refractivity contribution is -0.142. The summed E-state index contributed by atoms with van der Waals surface area (Å²) in [5.74, 6) is -4.67. The Balaban J connectivity index is 1.77. The molecule has 0 radical (unpaired) electrons. The Morgan fingerprint density at radius 1 is 1.14 bits per heavy atom. The summed E-state index contributed by atoms with van der Waals surface area (Å²) >= 11 is 0. The molecule has 2 heterocycles.